The van der Waals surface area contributed by atoms with Crippen molar-refractivity contribution < 1.29 is 32.5 Å². The van der Waals surface area contributed by atoms with Crippen LogP contribution in [0.25, 0.3) is 16.9 Å². The third-order valence-electron chi connectivity index (χ3n) is 5.26. The average molecular weight is 511 g/mol. The molecule has 0 atom stereocenters. The summed E-state index contributed by atoms with van der Waals surface area (Å²) in [6.07, 6.45) is 3.33. The monoisotopic (exact) mass is 511 g/mol. The number of nitrogens with zero attached hydrogens (tertiary/aromatic N) is 7. The number of fused-ring (bicyclic) bond motifs is 1. The van der Waals surface area contributed by atoms with Gasteiger partial charge in [-0.3, -0.25) is 9.08 Å². The molecule has 4 aromatic heterocycles. The first-order chi connectivity index (χ1) is 17.7. The van der Waals surface area contributed by atoms with Gasteiger partial charge in [0.25, 0.3) is 5.88 Å². The lowest BCUT2D eigenvalue weighted by Crippen LogP contribution is -2.10. The van der Waals surface area contributed by atoms with Gasteiger partial charge in [0.2, 0.25) is 5.65 Å². The van der Waals surface area contributed by atoms with Gasteiger partial charge in [0, 0.05) is 30.9 Å². The van der Waals surface area contributed by atoms with E-state index in [9.17, 15) is 23.1 Å². The first-order valence-corrected chi connectivity index (χ1v) is 10.6. The van der Waals surface area contributed by atoms with E-state index < -0.39 is 17.8 Å². The zero-order valence-corrected chi connectivity index (χ0v) is 18.9. The van der Waals surface area contributed by atoms with E-state index in [1.54, 1.807) is 6.07 Å². The van der Waals surface area contributed by atoms with Gasteiger partial charge < -0.3 is 14.6 Å². The van der Waals surface area contributed by atoms with E-state index in [1.807, 2.05) is 0 Å². The number of hydrogen-bond acceptors (Lipinski definition) is 9. The van der Waals surface area contributed by atoms with E-state index in [2.05, 4.69) is 29.8 Å². The molecule has 1 aromatic carbocycles. The van der Waals surface area contributed by atoms with Crippen LogP contribution < -0.4 is 4.74 Å². The number of esters is 1. The van der Waals surface area contributed by atoms with E-state index in [-0.39, 0.29) is 46.4 Å². The summed E-state index contributed by atoms with van der Waals surface area (Å²) in [5.41, 5.74) is -0.657. The molecule has 0 fully saturated rings. The number of alkyl halides is 3. The largest absolute Gasteiger partial charge is 0.507 e. The maximum Gasteiger partial charge on any atom is 0.435 e. The third kappa shape index (κ3) is 4.63. The first-order valence-electron chi connectivity index (χ1n) is 10.6. The molecule has 0 bridgehead atoms. The summed E-state index contributed by atoms with van der Waals surface area (Å²) in [6.45, 7) is 0.00329. The molecule has 11 nitrogen and oxygen atoms in total. The SMILES string of the molecule is COC(=O)c1ccc(Oc2nccn3c(-c4cn(Cc5ccncn5)nc4C(F)(F)F)cnc23)cc1O. The molecule has 0 spiro atoms. The van der Waals surface area contributed by atoms with Gasteiger partial charge in [-0.25, -0.2) is 24.7 Å². The van der Waals surface area contributed by atoms with E-state index in [4.69, 9.17) is 4.74 Å². The number of aromatic nitrogens is 7. The fourth-order valence-corrected chi connectivity index (χ4v) is 3.61. The van der Waals surface area contributed by atoms with Gasteiger partial charge in [-0.2, -0.15) is 18.3 Å². The number of phenols is 1. The van der Waals surface area contributed by atoms with Crippen molar-refractivity contribution in [3.05, 3.63) is 78.5 Å². The summed E-state index contributed by atoms with van der Waals surface area (Å²) in [7, 11) is 1.18. The smallest absolute Gasteiger partial charge is 0.435 e. The molecular formula is C23H16F3N7O4. The number of imidazole rings is 1. The van der Waals surface area contributed by atoms with Crippen LogP contribution in [0.15, 0.2) is 61.6 Å². The fourth-order valence-electron chi connectivity index (χ4n) is 3.61. The Hall–Kier alpha value is -5.01. The van der Waals surface area contributed by atoms with Crippen LogP contribution in [0.2, 0.25) is 0 Å². The van der Waals surface area contributed by atoms with E-state index in [0.717, 1.165) is 4.68 Å². The van der Waals surface area contributed by atoms with Crippen molar-refractivity contribution in [2.75, 3.05) is 7.11 Å². The molecule has 4 heterocycles. The Labute approximate surface area is 205 Å². The van der Waals surface area contributed by atoms with Gasteiger partial charge in [0.05, 0.1) is 36.8 Å². The Balaban J connectivity index is 1.52. The maximum atomic E-state index is 13.9. The second-order valence-electron chi connectivity index (χ2n) is 7.63. The number of aromatic hydroxyl groups is 1. The molecule has 0 unspecified atom stereocenters. The van der Waals surface area contributed by atoms with Crippen LogP contribution in [-0.4, -0.2) is 52.3 Å². The molecule has 37 heavy (non-hydrogen) atoms. The van der Waals surface area contributed by atoms with Crippen LogP contribution in [0.5, 0.6) is 17.4 Å². The molecule has 0 aliphatic heterocycles. The van der Waals surface area contributed by atoms with Crippen molar-refractivity contribution in [2.24, 2.45) is 0 Å². The summed E-state index contributed by atoms with van der Waals surface area (Å²) in [5, 5.41) is 13.9. The summed E-state index contributed by atoms with van der Waals surface area (Å²) in [6, 6.07) is 5.46. The Kier molecular flexibility index (Phi) is 5.91. The van der Waals surface area contributed by atoms with Crippen molar-refractivity contribution in [2.45, 2.75) is 12.7 Å². The molecule has 5 rings (SSSR count). The highest BCUT2D eigenvalue weighted by molar-refractivity contribution is 5.92. The number of methoxy groups -OCH3 is 1. The molecular weight excluding hydrogens is 495 g/mol. The first kappa shape index (κ1) is 23.7. The van der Waals surface area contributed by atoms with Crippen molar-refractivity contribution >= 4 is 11.6 Å². The predicted octanol–water partition coefficient (Wildman–Crippen LogP) is 3.73. The van der Waals surface area contributed by atoms with Crippen LogP contribution in [-0.2, 0) is 17.5 Å². The van der Waals surface area contributed by atoms with Gasteiger partial charge in [0.1, 0.15) is 23.4 Å². The number of hydrogen-bond donors (Lipinski definition) is 1. The van der Waals surface area contributed by atoms with E-state index in [0.29, 0.717) is 5.69 Å². The second kappa shape index (κ2) is 9.22. The lowest BCUT2D eigenvalue weighted by atomic mass is 10.2. The Bertz CT molecular complexity index is 1600. The van der Waals surface area contributed by atoms with E-state index in [1.165, 1.54) is 67.0 Å². The predicted molar refractivity (Wildman–Crippen MR) is 120 cm³/mol. The number of carbonyl (C=O) groups is 1. The Morgan fingerprint density at radius 2 is 1.97 bits per heavy atom. The quantitative estimate of drug-likeness (QED) is 0.339. The van der Waals surface area contributed by atoms with E-state index >= 15 is 0 Å². The van der Waals surface area contributed by atoms with Crippen molar-refractivity contribution in [1.29, 1.82) is 0 Å². The normalized spacial score (nSPS) is 11.6. The number of benzene rings is 1. The second-order valence-corrected chi connectivity index (χ2v) is 7.63. The molecule has 0 saturated heterocycles. The summed E-state index contributed by atoms with van der Waals surface area (Å²) in [4.78, 5) is 27.8. The van der Waals surface area contributed by atoms with Gasteiger partial charge in [0.15, 0.2) is 5.69 Å². The maximum absolute atomic E-state index is 13.9. The molecule has 0 saturated carbocycles. The summed E-state index contributed by atoms with van der Waals surface area (Å²) >= 11 is 0. The van der Waals surface area contributed by atoms with Crippen molar-refractivity contribution in [3.8, 4) is 28.6 Å². The van der Waals surface area contributed by atoms with Crippen LogP contribution >= 0.6 is 0 Å². The molecule has 14 heteroatoms. The van der Waals surface area contributed by atoms with Gasteiger partial charge in [-0.15, -0.1) is 0 Å². The zero-order valence-electron chi connectivity index (χ0n) is 18.9. The van der Waals surface area contributed by atoms with Gasteiger partial charge in [-0.05, 0) is 18.2 Å². The standard InChI is InChI=1S/C23H16F3N7O4/c1-36-22(35)15-3-2-14(8-18(15)34)37-21-20-29-9-17(33(20)7-6-28-21)16-11-32(31-19(16)23(24,25)26)10-13-4-5-27-12-30-13/h2-9,11-12,34H,10H2,1H3. The molecule has 0 amide bonds. The molecule has 0 aliphatic rings. The highest BCUT2D eigenvalue weighted by Crippen LogP contribution is 2.37. The molecule has 0 radical (unpaired) electrons. The zero-order chi connectivity index (χ0) is 26.2. The molecule has 5 aromatic rings. The fraction of sp³-hybridized carbons (Fsp3) is 0.130. The third-order valence-corrected chi connectivity index (χ3v) is 5.26. The number of ether oxygens (including phenoxy) is 2. The van der Waals surface area contributed by atoms with Crippen LogP contribution in [0.3, 0.4) is 0 Å². The minimum absolute atomic E-state index is 0.00329. The minimum atomic E-state index is -4.73. The van der Waals surface area contributed by atoms with Gasteiger partial charge >= 0.3 is 12.1 Å². The van der Waals surface area contributed by atoms with Crippen LogP contribution in [0.4, 0.5) is 13.2 Å². The number of halogens is 3. The Morgan fingerprint density at radius 3 is 2.68 bits per heavy atom. The highest BCUT2D eigenvalue weighted by Gasteiger charge is 2.38. The van der Waals surface area contributed by atoms with Crippen molar-refractivity contribution in [3.63, 3.8) is 0 Å². The highest BCUT2D eigenvalue weighted by atomic mass is 19.4. The summed E-state index contributed by atoms with van der Waals surface area (Å²) < 4.78 is 54.5. The Morgan fingerprint density at radius 1 is 1.14 bits per heavy atom. The van der Waals surface area contributed by atoms with Crippen LogP contribution in [0.1, 0.15) is 21.7 Å². The van der Waals surface area contributed by atoms with Crippen LogP contribution in [0, 0.1) is 0 Å². The number of rotatable bonds is 6. The molecule has 188 valence electrons. The number of carbonyl (C=O) groups excluding carboxylic acids is 1. The minimum Gasteiger partial charge on any atom is -0.507 e. The molecule has 1 N–H and O–H groups in total. The topological polar surface area (TPSA) is 130 Å². The average Bonchev–Trinajstić information content (AvgIpc) is 3.49. The van der Waals surface area contributed by atoms with Crippen molar-refractivity contribution in [1.82, 2.24) is 34.1 Å². The van der Waals surface area contributed by atoms with Gasteiger partial charge in [-0.1, -0.05) is 0 Å². The lowest BCUT2D eigenvalue weighted by Gasteiger charge is -2.09. The summed E-state index contributed by atoms with van der Waals surface area (Å²) in [5.74, 6) is -1.04. The molecule has 0 aliphatic carbocycles. The lowest BCUT2D eigenvalue weighted by molar-refractivity contribution is -0.141. The number of phenolic OH excluding ortho intramolecular Hbond substituents is 1.